The lowest BCUT2D eigenvalue weighted by atomic mass is 10.0. The minimum atomic E-state index is 0.198. The normalized spacial score (nSPS) is 26.7. The highest BCUT2D eigenvalue weighted by Crippen LogP contribution is 2.24. The Morgan fingerprint density at radius 3 is 2.52 bits per heavy atom. The molecule has 0 saturated carbocycles. The summed E-state index contributed by atoms with van der Waals surface area (Å²) < 4.78 is 0. The van der Waals surface area contributed by atoms with Crippen molar-refractivity contribution in [3.63, 3.8) is 0 Å². The van der Waals surface area contributed by atoms with Crippen molar-refractivity contribution in [3.8, 4) is 0 Å². The van der Waals surface area contributed by atoms with E-state index in [2.05, 4.69) is 26.7 Å². The maximum absolute atomic E-state index is 11.5. The monoisotopic (exact) mass is 317 g/mol. The van der Waals surface area contributed by atoms with E-state index in [-0.39, 0.29) is 5.91 Å². The number of carbonyl (C=O) groups is 1. The number of likely N-dealkylation sites (tertiary alicyclic amines) is 1. The maximum Gasteiger partial charge on any atom is 0.219 e. The topological polar surface area (TPSA) is 52.6 Å². The molecule has 3 heterocycles. The van der Waals surface area contributed by atoms with Gasteiger partial charge in [0.05, 0.1) is 11.4 Å². The Labute approximate surface area is 138 Å². The molecule has 1 aromatic rings. The van der Waals surface area contributed by atoms with Gasteiger partial charge in [-0.15, -0.1) is 0 Å². The van der Waals surface area contributed by atoms with Crippen LogP contribution in [0.1, 0.15) is 25.2 Å². The van der Waals surface area contributed by atoms with Gasteiger partial charge in [-0.05, 0) is 12.8 Å². The molecule has 0 bridgehead atoms. The number of rotatable bonds is 3. The van der Waals surface area contributed by atoms with Crippen LogP contribution in [0.25, 0.3) is 0 Å². The van der Waals surface area contributed by atoms with Gasteiger partial charge < -0.3 is 4.90 Å². The molecule has 2 saturated heterocycles. The van der Waals surface area contributed by atoms with E-state index in [1.165, 1.54) is 0 Å². The van der Waals surface area contributed by atoms with Gasteiger partial charge in [-0.3, -0.25) is 24.6 Å². The lowest BCUT2D eigenvalue weighted by molar-refractivity contribution is -0.130. The highest BCUT2D eigenvalue weighted by molar-refractivity contribution is 5.73. The zero-order valence-electron chi connectivity index (χ0n) is 14.4. The van der Waals surface area contributed by atoms with Crippen molar-refractivity contribution in [2.24, 2.45) is 5.92 Å². The zero-order chi connectivity index (χ0) is 16.4. The molecule has 0 spiro atoms. The molecule has 0 N–H and O–H groups in total. The molecule has 126 valence electrons. The first-order chi connectivity index (χ1) is 11.0. The van der Waals surface area contributed by atoms with Crippen molar-refractivity contribution in [3.05, 3.63) is 23.8 Å². The second-order valence-corrected chi connectivity index (χ2v) is 6.93. The van der Waals surface area contributed by atoms with Crippen LogP contribution >= 0.6 is 0 Å². The number of piperazine rings is 1. The third-order valence-corrected chi connectivity index (χ3v) is 5.10. The minimum Gasteiger partial charge on any atom is -0.340 e. The van der Waals surface area contributed by atoms with Crippen molar-refractivity contribution in [1.29, 1.82) is 0 Å². The Bertz CT molecular complexity index is 538. The van der Waals surface area contributed by atoms with Gasteiger partial charge >= 0.3 is 0 Å². The third-order valence-electron chi connectivity index (χ3n) is 5.10. The molecule has 0 radical (unpaired) electrons. The molecule has 2 atom stereocenters. The average Bonchev–Trinajstić information content (AvgIpc) is 2.90. The summed E-state index contributed by atoms with van der Waals surface area (Å²) in [4.78, 5) is 27.3. The Hall–Kier alpha value is -1.53. The summed E-state index contributed by atoms with van der Waals surface area (Å²) in [5.41, 5.74) is 2.01. The Balaban J connectivity index is 1.54. The van der Waals surface area contributed by atoms with E-state index < -0.39 is 0 Å². The molecular formula is C17H27N5O. The van der Waals surface area contributed by atoms with Gasteiger partial charge in [0.2, 0.25) is 5.91 Å². The molecule has 3 rings (SSSR count). The number of nitrogens with zero attached hydrogens (tertiary/aromatic N) is 5. The van der Waals surface area contributed by atoms with Crippen LogP contribution in [0.15, 0.2) is 12.4 Å². The summed E-state index contributed by atoms with van der Waals surface area (Å²) >= 11 is 0. The SMILES string of the molecule is CC(=O)N1CCN(C2CN(Cc3cnc(C)cn3)CC2C)CC1. The van der Waals surface area contributed by atoms with Crippen LogP contribution in [-0.4, -0.2) is 75.9 Å². The second kappa shape index (κ2) is 6.93. The highest BCUT2D eigenvalue weighted by Gasteiger charge is 2.35. The van der Waals surface area contributed by atoms with Crippen LogP contribution in [0.3, 0.4) is 0 Å². The van der Waals surface area contributed by atoms with Gasteiger partial charge in [-0.1, -0.05) is 6.92 Å². The van der Waals surface area contributed by atoms with Gasteiger partial charge in [-0.25, -0.2) is 0 Å². The van der Waals surface area contributed by atoms with Gasteiger partial charge in [0.25, 0.3) is 0 Å². The van der Waals surface area contributed by atoms with E-state index in [4.69, 9.17) is 0 Å². The molecule has 2 fully saturated rings. The quantitative estimate of drug-likeness (QED) is 0.824. The fourth-order valence-corrected chi connectivity index (χ4v) is 3.75. The first-order valence-electron chi connectivity index (χ1n) is 8.52. The summed E-state index contributed by atoms with van der Waals surface area (Å²) in [6.07, 6.45) is 3.73. The largest absolute Gasteiger partial charge is 0.340 e. The fraction of sp³-hybridized carbons (Fsp3) is 0.706. The molecule has 0 aliphatic carbocycles. The summed E-state index contributed by atoms with van der Waals surface area (Å²) in [5.74, 6) is 0.848. The molecule has 2 unspecified atom stereocenters. The number of hydrogen-bond acceptors (Lipinski definition) is 5. The Morgan fingerprint density at radius 1 is 1.17 bits per heavy atom. The smallest absolute Gasteiger partial charge is 0.219 e. The summed E-state index contributed by atoms with van der Waals surface area (Å²) in [6, 6.07) is 0.586. The molecule has 1 amide bonds. The minimum absolute atomic E-state index is 0.198. The van der Waals surface area contributed by atoms with E-state index in [1.54, 1.807) is 6.92 Å². The van der Waals surface area contributed by atoms with Crippen LogP contribution in [0.2, 0.25) is 0 Å². The highest BCUT2D eigenvalue weighted by atomic mass is 16.2. The Morgan fingerprint density at radius 2 is 1.91 bits per heavy atom. The lowest BCUT2D eigenvalue weighted by Crippen LogP contribution is -2.53. The number of hydrogen-bond donors (Lipinski definition) is 0. The van der Waals surface area contributed by atoms with Crippen LogP contribution in [0.4, 0.5) is 0 Å². The van der Waals surface area contributed by atoms with Gasteiger partial charge in [0, 0.05) is 71.2 Å². The van der Waals surface area contributed by atoms with Crippen LogP contribution < -0.4 is 0 Å². The Kier molecular flexibility index (Phi) is 4.92. The molecule has 0 aromatic carbocycles. The number of aromatic nitrogens is 2. The first kappa shape index (κ1) is 16.3. The molecule has 1 aromatic heterocycles. The molecule has 23 heavy (non-hydrogen) atoms. The van der Waals surface area contributed by atoms with E-state index in [0.29, 0.717) is 12.0 Å². The van der Waals surface area contributed by atoms with Crippen LogP contribution in [0, 0.1) is 12.8 Å². The van der Waals surface area contributed by atoms with Crippen molar-refractivity contribution >= 4 is 5.91 Å². The van der Waals surface area contributed by atoms with Crippen LogP contribution in [-0.2, 0) is 11.3 Å². The summed E-state index contributed by atoms with van der Waals surface area (Å²) in [7, 11) is 0. The molecule has 2 aliphatic rings. The molecular weight excluding hydrogens is 290 g/mol. The molecule has 6 nitrogen and oxygen atoms in total. The fourth-order valence-electron chi connectivity index (χ4n) is 3.75. The van der Waals surface area contributed by atoms with E-state index >= 15 is 0 Å². The first-order valence-corrected chi connectivity index (χ1v) is 8.52. The maximum atomic E-state index is 11.5. The summed E-state index contributed by atoms with van der Waals surface area (Å²) in [6.45, 7) is 12.7. The molecule has 6 heteroatoms. The van der Waals surface area contributed by atoms with Crippen molar-refractivity contribution in [2.45, 2.75) is 33.4 Å². The lowest BCUT2D eigenvalue weighted by Gasteiger charge is -2.39. The average molecular weight is 317 g/mol. The predicted molar refractivity (Wildman–Crippen MR) is 88.8 cm³/mol. The second-order valence-electron chi connectivity index (χ2n) is 6.93. The van der Waals surface area contributed by atoms with Crippen molar-refractivity contribution in [2.75, 3.05) is 39.3 Å². The number of carbonyl (C=O) groups excluding carboxylic acids is 1. The van der Waals surface area contributed by atoms with Gasteiger partial charge in [-0.2, -0.15) is 0 Å². The number of amides is 1. The van der Waals surface area contributed by atoms with Crippen LogP contribution in [0.5, 0.6) is 0 Å². The number of aryl methyl sites for hydroxylation is 1. The zero-order valence-corrected chi connectivity index (χ0v) is 14.4. The third kappa shape index (κ3) is 3.87. The van der Waals surface area contributed by atoms with E-state index in [0.717, 1.165) is 57.2 Å². The summed E-state index contributed by atoms with van der Waals surface area (Å²) in [5, 5.41) is 0. The van der Waals surface area contributed by atoms with E-state index in [9.17, 15) is 4.79 Å². The predicted octanol–water partition coefficient (Wildman–Crippen LogP) is 0.769. The van der Waals surface area contributed by atoms with Crippen molar-refractivity contribution < 1.29 is 4.79 Å². The van der Waals surface area contributed by atoms with Gasteiger partial charge in [0.1, 0.15) is 0 Å². The van der Waals surface area contributed by atoms with Crippen molar-refractivity contribution in [1.82, 2.24) is 24.7 Å². The van der Waals surface area contributed by atoms with E-state index in [1.807, 2.05) is 24.2 Å². The molecule has 2 aliphatic heterocycles. The van der Waals surface area contributed by atoms with Gasteiger partial charge in [0.15, 0.2) is 0 Å². The standard InChI is InChI=1S/C17H27N5O/c1-13-10-20(11-16-9-18-14(2)8-19-16)12-17(13)22-6-4-21(5-7-22)15(3)23/h8-9,13,17H,4-7,10-12H2,1-3H3.